The summed E-state index contributed by atoms with van der Waals surface area (Å²) in [6, 6.07) is 10.4. The molecule has 1 aliphatic rings. The van der Waals surface area contributed by atoms with Gasteiger partial charge in [-0.1, -0.05) is 41.6 Å². The van der Waals surface area contributed by atoms with Crippen molar-refractivity contribution in [1.29, 1.82) is 0 Å². The number of rotatable bonds is 7. The lowest BCUT2D eigenvalue weighted by molar-refractivity contribution is -0.127. The number of hydrogen-bond donors (Lipinski definition) is 1. The molecule has 2 aromatic heterocycles. The highest BCUT2D eigenvalue weighted by molar-refractivity contribution is 7.03. The molecule has 7 nitrogen and oxygen atoms in total. The predicted octanol–water partition coefficient (Wildman–Crippen LogP) is 3.51. The van der Waals surface area contributed by atoms with Crippen LogP contribution in [0.4, 0.5) is 4.39 Å². The fraction of sp³-hybridized carbons (Fsp3) is 0.318. The second kappa shape index (κ2) is 9.74. The van der Waals surface area contributed by atoms with Crippen LogP contribution in [0.3, 0.4) is 0 Å². The Bertz CT molecular complexity index is 1030. The Balaban J connectivity index is 1.73. The molecule has 9 heteroatoms. The normalized spacial score (nSPS) is 14.9. The summed E-state index contributed by atoms with van der Waals surface area (Å²) in [5.74, 6) is -1.29. The molecule has 0 spiro atoms. The summed E-state index contributed by atoms with van der Waals surface area (Å²) in [7, 11) is 0. The number of carbonyl (C=O) groups excluding carboxylic acids is 2. The summed E-state index contributed by atoms with van der Waals surface area (Å²) < 4.78 is 18.2. The van der Waals surface area contributed by atoms with Crippen molar-refractivity contribution in [3.63, 3.8) is 0 Å². The number of hydrogen-bond acceptors (Lipinski definition) is 6. The number of nitrogens with one attached hydrogen (secondary N) is 1. The van der Waals surface area contributed by atoms with Gasteiger partial charge in [0.05, 0.1) is 12.2 Å². The van der Waals surface area contributed by atoms with Crippen LogP contribution in [-0.4, -0.2) is 37.3 Å². The maximum atomic E-state index is 14.5. The van der Waals surface area contributed by atoms with E-state index >= 15 is 0 Å². The number of halogens is 1. The molecule has 1 N–H and O–H groups in total. The molecule has 1 atom stereocenters. The average Bonchev–Trinajstić information content (AvgIpc) is 3.49. The summed E-state index contributed by atoms with van der Waals surface area (Å²) in [5.41, 5.74) is 0.815. The van der Waals surface area contributed by atoms with Crippen LogP contribution < -0.4 is 5.32 Å². The van der Waals surface area contributed by atoms with Gasteiger partial charge in [-0.05, 0) is 42.6 Å². The Labute approximate surface area is 183 Å². The monoisotopic (exact) mass is 439 g/mol. The molecule has 0 unspecified atom stereocenters. The van der Waals surface area contributed by atoms with Gasteiger partial charge in [0.2, 0.25) is 5.91 Å². The third kappa shape index (κ3) is 4.93. The van der Waals surface area contributed by atoms with Crippen LogP contribution in [-0.2, 0) is 11.3 Å². The van der Waals surface area contributed by atoms with Crippen molar-refractivity contribution in [3.05, 3.63) is 76.8 Å². The Hall–Kier alpha value is -3.20. The number of aromatic nitrogens is 3. The van der Waals surface area contributed by atoms with Crippen molar-refractivity contribution in [2.24, 2.45) is 0 Å². The molecular weight excluding hydrogens is 417 g/mol. The van der Waals surface area contributed by atoms with E-state index in [2.05, 4.69) is 19.9 Å². The van der Waals surface area contributed by atoms with Gasteiger partial charge in [-0.2, -0.15) is 0 Å². The Morgan fingerprint density at radius 2 is 1.94 bits per heavy atom. The van der Waals surface area contributed by atoms with Gasteiger partial charge < -0.3 is 10.2 Å². The van der Waals surface area contributed by atoms with Gasteiger partial charge in [0, 0.05) is 23.2 Å². The van der Waals surface area contributed by atoms with E-state index in [1.54, 1.807) is 42.6 Å². The van der Waals surface area contributed by atoms with Crippen molar-refractivity contribution < 1.29 is 14.0 Å². The van der Waals surface area contributed by atoms with E-state index in [9.17, 15) is 14.0 Å². The summed E-state index contributed by atoms with van der Waals surface area (Å²) in [6.45, 7) is -0.109. The zero-order chi connectivity index (χ0) is 21.6. The molecule has 4 rings (SSSR count). The Morgan fingerprint density at radius 1 is 1.16 bits per heavy atom. The molecule has 1 aliphatic carbocycles. The summed E-state index contributed by atoms with van der Waals surface area (Å²) in [4.78, 5) is 32.5. The summed E-state index contributed by atoms with van der Waals surface area (Å²) >= 11 is 1.04. The van der Waals surface area contributed by atoms with Crippen LogP contribution in [0.5, 0.6) is 0 Å². The van der Waals surface area contributed by atoms with Crippen LogP contribution in [0.2, 0.25) is 0 Å². The largest absolute Gasteiger partial charge is 0.351 e. The van der Waals surface area contributed by atoms with Gasteiger partial charge >= 0.3 is 0 Å². The zero-order valence-electron chi connectivity index (χ0n) is 16.8. The fourth-order valence-corrected chi connectivity index (χ4v) is 4.25. The number of pyridine rings is 1. The lowest BCUT2D eigenvalue weighted by atomic mass is 10.1. The Kier molecular flexibility index (Phi) is 6.61. The molecule has 0 radical (unpaired) electrons. The first-order valence-corrected chi connectivity index (χ1v) is 11.0. The molecule has 1 saturated carbocycles. The minimum atomic E-state index is -1.03. The van der Waals surface area contributed by atoms with E-state index in [-0.39, 0.29) is 24.2 Å². The van der Waals surface area contributed by atoms with Gasteiger partial charge in [-0.25, -0.2) is 4.39 Å². The molecule has 0 bridgehead atoms. The molecule has 0 saturated heterocycles. The zero-order valence-corrected chi connectivity index (χ0v) is 17.6. The predicted molar refractivity (Wildman–Crippen MR) is 114 cm³/mol. The van der Waals surface area contributed by atoms with Gasteiger partial charge in [0.1, 0.15) is 5.82 Å². The first-order valence-electron chi connectivity index (χ1n) is 10.2. The van der Waals surface area contributed by atoms with Crippen molar-refractivity contribution in [2.75, 3.05) is 0 Å². The molecule has 31 heavy (non-hydrogen) atoms. The first-order chi connectivity index (χ1) is 15.1. The lowest BCUT2D eigenvalue weighted by Gasteiger charge is -2.31. The number of nitrogens with zero attached hydrogens (tertiary/aromatic N) is 4. The van der Waals surface area contributed by atoms with Crippen LogP contribution in [0.1, 0.15) is 53.5 Å². The minimum Gasteiger partial charge on any atom is -0.351 e. The average molecular weight is 440 g/mol. The topological polar surface area (TPSA) is 88.1 Å². The second-order valence-corrected chi connectivity index (χ2v) is 8.07. The van der Waals surface area contributed by atoms with E-state index in [1.807, 2.05) is 0 Å². The SMILES string of the molecule is O=C(NC1CCCC1)[C@H](c1ccccn1)N(Cc1ccccc1F)C(=O)c1csnn1. The van der Waals surface area contributed by atoms with Crippen molar-refractivity contribution >= 4 is 23.3 Å². The van der Waals surface area contributed by atoms with E-state index in [4.69, 9.17) is 0 Å². The maximum Gasteiger partial charge on any atom is 0.276 e. The van der Waals surface area contributed by atoms with Gasteiger partial charge in [-0.15, -0.1) is 5.10 Å². The fourth-order valence-electron chi connectivity index (χ4n) is 3.82. The molecule has 3 aromatic rings. The quantitative estimate of drug-likeness (QED) is 0.609. The number of amides is 2. The number of benzene rings is 1. The smallest absolute Gasteiger partial charge is 0.276 e. The summed E-state index contributed by atoms with van der Waals surface area (Å²) in [5, 5.41) is 8.44. The lowest BCUT2D eigenvalue weighted by Crippen LogP contribution is -2.46. The van der Waals surface area contributed by atoms with Gasteiger partial charge in [0.25, 0.3) is 5.91 Å². The van der Waals surface area contributed by atoms with Crippen molar-refractivity contribution in [3.8, 4) is 0 Å². The Morgan fingerprint density at radius 3 is 2.61 bits per heavy atom. The van der Waals surface area contributed by atoms with Crippen molar-refractivity contribution in [1.82, 2.24) is 24.8 Å². The van der Waals surface area contributed by atoms with Crippen LogP contribution in [0.15, 0.2) is 54.0 Å². The third-order valence-electron chi connectivity index (χ3n) is 5.37. The molecular formula is C22H22FN5O2S. The van der Waals surface area contributed by atoms with Crippen LogP contribution in [0.25, 0.3) is 0 Å². The van der Waals surface area contributed by atoms with Gasteiger partial charge in [0.15, 0.2) is 11.7 Å². The van der Waals surface area contributed by atoms with E-state index in [1.165, 1.54) is 16.3 Å². The highest BCUT2D eigenvalue weighted by Gasteiger charge is 2.35. The molecule has 2 heterocycles. The highest BCUT2D eigenvalue weighted by atomic mass is 32.1. The van der Waals surface area contributed by atoms with Crippen molar-refractivity contribution in [2.45, 2.75) is 44.3 Å². The molecule has 1 aromatic carbocycles. The van der Waals surface area contributed by atoms with E-state index in [0.717, 1.165) is 37.2 Å². The second-order valence-electron chi connectivity index (χ2n) is 7.46. The molecule has 2 amide bonds. The van der Waals surface area contributed by atoms with E-state index in [0.29, 0.717) is 11.3 Å². The third-order valence-corrected chi connectivity index (χ3v) is 5.87. The minimum absolute atomic E-state index is 0.0602. The molecule has 160 valence electrons. The standard InChI is InChI=1S/C22H22FN5O2S/c23-17-10-4-1-7-15(17)13-28(22(30)19-14-31-27-26-19)20(18-11-5-6-12-24-18)21(29)25-16-8-2-3-9-16/h1,4-7,10-12,14,16,20H,2-3,8-9,13H2,(H,25,29)/t20-/m0/s1. The van der Waals surface area contributed by atoms with Gasteiger partial charge in [-0.3, -0.25) is 14.6 Å². The highest BCUT2D eigenvalue weighted by Crippen LogP contribution is 2.26. The van der Waals surface area contributed by atoms with Crippen LogP contribution in [0, 0.1) is 5.82 Å². The molecule has 1 fully saturated rings. The van der Waals surface area contributed by atoms with E-state index < -0.39 is 17.8 Å². The maximum absolute atomic E-state index is 14.5. The summed E-state index contributed by atoms with van der Waals surface area (Å²) in [6.07, 6.45) is 5.49. The first kappa shape index (κ1) is 21.0. The van der Waals surface area contributed by atoms with Crippen LogP contribution >= 0.6 is 11.5 Å². The molecule has 0 aliphatic heterocycles. The number of carbonyl (C=O) groups is 2.